The number of rotatable bonds is 1. The fourth-order valence-corrected chi connectivity index (χ4v) is 3.64. The molecule has 1 aromatic rings. The number of hydrogen-bond acceptors (Lipinski definition) is 2. The first-order valence-electron chi connectivity index (χ1n) is 6.74. The van der Waals surface area contributed by atoms with Crippen LogP contribution in [0.1, 0.15) is 43.8 Å². The molecule has 19 heavy (non-hydrogen) atoms. The quantitative estimate of drug-likeness (QED) is 0.731. The van der Waals surface area contributed by atoms with Crippen molar-refractivity contribution in [2.24, 2.45) is 0 Å². The summed E-state index contributed by atoms with van der Waals surface area (Å²) in [5.74, 6) is -0.474. The van der Waals surface area contributed by atoms with Crippen LogP contribution in [-0.4, -0.2) is 11.9 Å². The van der Waals surface area contributed by atoms with E-state index in [4.69, 9.17) is 32.7 Å². The summed E-state index contributed by atoms with van der Waals surface area (Å²) < 4.78 is 12.2. The topological polar surface area (TPSA) is 18.5 Å². The summed E-state index contributed by atoms with van der Waals surface area (Å²) in [5, 5.41) is 1.23. The van der Waals surface area contributed by atoms with E-state index in [-0.39, 0.29) is 12.2 Å². The van der Waals surface area contributed by atoms with Gasteiger partial charge in [-0.1, -0.05) is 35.7 Å². The summed E-state index contributed by atoms with van der Waals surface area (Å²) in [6, 6.07) is 5.48. The molecule has 1 aliphatic carbocycles. The molecule has 1 saturated heterocycles. The van der Waals surface area contributed by atoms with Gasteiger partial charge in [0, 0.05) is 28.5 Å². The van der Waals surface area contributed by atoms with E-state index in [9.17, 15) is 0 Å². The summed E-state index contributed by atoms with van der Waals surface area (Å²) >= 11 is 12.5. The maximum Gasteiger partial charge on any atom is 0.169 e. The highest BCUT2D eigenvalue weighted by atomic mass is 35.5. The standard InChI is InChI=1S/C15H17Cl2O2/c1-10-14(13-11(16)6-5-7-12(13)17)19-15(18-10)8-3-2-4-9-15/h5-7,10,14H,1-4,8-9H2. The first-order valence-corrected chi connectivity index (χ1v) is 7.49. The SMILES string of the molecule is [CH2]C1OC2(CCCCC2)OC1c1c(Cl)cccc1Cl. The summed E-state index contributed by atoms with van der Waals surface area (Å²) in [7, 11) is 0. The molecule has 103 valence electrons. The third-order valence-electron chi connectivity index (χ3n) is 3.95. The van der Waals surface area contributed by atoms with Crippen LogP contribution in [0.3, 0.4) is 0 Å². The Morgan fingerprint density at radius 1 is 1.05 bits per heavy atom. The van der Waals surface area contributed by atoms with E-state index in [0.717, 1.165) is 31.2 Å². The molecule has 2 fully saturated rings. The Morgan fingerprint density at radius 2 is 1.68 bits per heavy atom. The van der Waals surface area contributed by atoms with Gasteiger partial charge in [0.25, 0.3) is 0 Å². The molecule has 0 amide bonds. The van der Waals surface area contributed by atoms with E-state index in [0.29, 0.717) is 10.0 Å². The Labute approximate surface area is 124 Å². The van der Waals surface area contributed by atoms with Gasteiger partial charge in [0.2, 0.25) is 0 Å². The normalized spacial score (nSPS) is 29.8. The lowest BCUT2D eigenvalue weighted by atomic mass is 9.94. The van der Waals surface area contributed by atoms with Crippen LogP contribution in [-0.2, 0) is 9.47 Å². The Balaban J connectivity index is 1.90. The Kier molecular flexibility index (Phi) is 3.78. The van der Waals surface area contributed by atoms with Crippen LogP contribution in [0.2, 0.25) is 10.0 Å². The molecule has 1 heterocycles. The lowest BCUT2D eigenvalue weighted by Crippen LogP contribution is -2.33. The molecule has 2 unspecified atom stereocenters. The van der Waals surface area contributed by atoms with Crippen molar-refractivity contribution in [3.8, 4) is 0 Å². The second-order valence-corrected chi connectivity index (χ2v) is 6.12. The van der Waals surface area contributed by atoms with Crippen LogP contribution in [0.25, 0.3) is 0 Å². The largest absolute Gasteiger partial charge is 0.344 e. The van der Waals surface area contributed by atoms with Crippen molar-refractivity contribution >= 4 is 23.2 Å². The van der Waals surface area contributed by atoms with E-state index in [1.165, 1.54) is 6.42 Å². The second-order valence-electron chi connectivity index (χ2n) is 5.30. The van der Waals surface area contributed by atoms with Crippen LogP contribution in [0, 0.1) is 6.92 Å². The molecule has 2 nitrogen and oxygen atoms in total. The molecule has 1 radical (unpaired) electrons. The van der Waals surface area contributed by atoms with Gasteiger partial charge in [0.1, 0.15) is 6.10 Å². The molecule has 1 spiro atoms. The maximum atomic E-state index is 6.25. The molecule has 1 aliphatic heterocycles. The van der Waals surface area contributed by atoms with Gasteiger partial charge >= 0.3 is 0 Å². The van der Waals surface area contributed by atoms with Crippen molar-refractivity contribution < 1.29 is 9.47 Å². The molecule has 4 heteroatoms. The van der Waals surface area contributed by atoms with Gasteiger partial charge in [0.15, 0.2) is 5.79 Å². The van der Waals surface area contributed by atoms with Crippen LogP contribution in [0.4, 0.5) is 0 Å². The van der Waals surface area contributed by atoms with Gasteiger partial charge in [-0.15, -0.1) is 0 Å². The van der Waals surface area contributed by atoms with Crippen molar-refractivity contribution in [2.45, 2.75) is 50.1 Å². The van der Waals surface area contributed by atoms with Crippen LogP contribution in [0.15, 0.2) is 18.2 Å². The fraction of sp³-hybridized carbons (Fsp3) is 0.533. The van der Waals surface area contributed by atoms with Crippen molar-refractivity contribution in [2.75, 3.05) is 0 Å². The summed E-state index contributed by atoms with van der Waals surface area (Å²) in [5.41, 5.74) is 0.799. The molecular formula is C15H17Cl2O2. The second kappa shape index (κ2) is 5.25. The van der Waals surface area contributed by atoms with Crippen LogP contribution in [0.5, 0.6) is 0 Å². The molecule has 2 atom stereocenters. The summed E-state index contributed by atoms with van der Waals surface area (Å²) in [6.07, 6.45) is 4.82. The third-order valence-corrected chi connectivity index (χ3v) is 4.60. The smallest absolute Gasteiger partial charge is 0.169 e. The van der Waals surface area contributed by atoms with Gasteiger partial charge in [0.05, 0.1) is 6.10 Å². The Morgan fingerprint density at radius 3 is 2.32 bits per heavy atom. The lowest BCUT2D eigenvalue weighted by Gasteiger charge is -2.32. The summed E-state index contributed by atoms with van der Waals surface area (Å²) in [4.78, 5) is 0. The molecule has 0 N–H and O–H groups in total. The molecule has 1 saturated carbocycles. The number of benzene rings is 1. The average Bonchev–Trinajstić information content (AvgIpc) is 2.67. The van der Waals surface area contributed by atoms with Gasteiger partial charge in [-0.2, -0.15) is 0 Å². The van der Waals surface area contributed by atoms with E-state index < -0.39 is 5.79 Å². The zero-order chi connectivity index (χ0) is 13.5. The van der Waals surface area contributed by atoms with Crippen LogP contribution >= 0.6 is 23.2 Å². The van der Waals surface area contributed by atoms with Crippen molar-refractivity contribution in [3.05, 3.63) is 40.7 Å². The number of ether oxygens (including phenoxy) is 2. The predicted octanol–water partition coefficient (Wildman–Crippen LogP) is 4.94. The van der Waals surface area contributed by atoms with Gasteiger partial charge in [-0.05, 0) is 31.9 Å². The first kappa shape index (κ1) is 13.7. The van der Waals surface area contributed by atoms with E-state index in [1.807, 2.05) is 18.2 Å². The van der Waals surface area contributed by atoms with Gasteiger partial charge in [-0.3, -0.25) is 0 Å². The molecule has 0 aromatic heterocycles. The zero-order valence-electron chi connectivity index (χ0n) is 10.7. The fourth-order valence-electron chi connectivity index (χ4n) is 3.03. The third kappa shape index (κ3) is 2.52. The lowest BCUT2D eigenvalue weighted by molar-refractivity contribution is -0.192. The minimum absolute atomic E-state index is 0.268. The highest BCUT2D eigenvalue weighted by molar-refractivity contribution is 6.36. The summed E-state index contributed by atoms with van der Waals surface area (Å²) in [6.45, 7) is 4.06. The minimum atomic E-state index is -0.474. The van der Waals surface area contributed by atoms with Crippen molar-refractivity contribution in [1.29, 1.82) is 0 Å². The highest BCUT2D eigenvalue weighted by Crippen LogP contribution is 2.48. The monoisotopic (exact) mass is 299 g/mol. The zero-order valence-corrected chi connectivity index (χ0v) is 12.2. The van der Waals surface area contributed by atoms with Crippen LogP contribution < -0.4 is 0 Å². The molecule has 2 aliphatic rings. The Hall–Kier alpha value is -0.280. The van der Waals surface area contributed by atoms with Crippen molar-refractivity contribution in [3.63, 3.8) is 0 Å². The number of halogens is 2. The van der Waals surface area contributed by atoms with Gasteiger partial charge < -0.3 is 9.47 Å². The average molecular weight is 300 g/mol. The van der Waals surface area contributed by atoms with E-state index in [1.54, 1.807) is 0 Å². The maximum absolute atomic E-state index is 6.25. The molecule has 0 bridgehead atoms. The molecular weight excluding hydrogens is 283 g/mol. The molecule has 3 rings (SSSR count). The number of hydrogen-bond donors (Lipinski definition) is 0. The predicted molar refractivity (Wildman–Crippen MR) is 76.3 cm³/mol. The Bertz CT molecular complexity index is 449. The first-order chi connectivity index (χ1) is 9.11. The van der Waals surface area contributed by atoms with E-state index >= 15 is 0 Å². The molecule has 1 aromatic carbocycles. The highest BCUT2D eigenvalue weighted by Gasteiger charge is 2.47. The minimum Gasteiger partial charge on any atom is -0.344 e. The van der Waals surface area contributed by atoms with E-state index in [2.05, 4.69) is 6.92 Å². The van der Waals surface area contributed by atoms with Crippen molar-refractivity contribution in [1.82, 2.24) is 0 Å². The van der Waals surface area contributed by atoms with Gasteiger partial charge in [-0.25, -0.2) is 0 Å².